The van der Waals surface area contributed by atoms with Crippen molar-refractivity contribution >= 4 is 5.91 Å². The Morgan fingerprint density at radius 3 is 3.04 bits per heavy atom. The van der Waals surface area contributed by atoms with Gasteiger partial charge in [0, 0.05) is 38.8 Å². The molecule has 1 aromatic rings. The summed E-state index contributed by atoms with van der Waals surface area (Å²) in [6, 6.07) is 7.03. The van der Waals surface area contributed by atoms with E-state index in [0.29, 0.717) is 5.91 Å². The van der Waals surface area contributed by atoms with Crippen LogP contribution >= 0.6 is 0 Å². The summed E-state index contributed by atoms with van der Waals surface area (Å²) >= 11 is 0. The Morgan fingerprint density at radius 2 is 2.26 bits per heavy atom. The van der Waals surface area contributed by atoms with Crippen LogP contribution in [0.5, 0.6) is 0 Å². The Kier molecular flexibility index (Phi) is 5.28. The lowest BCUT2D eigenvalue weighted by Crippen LogP contribution is -2.55. The molecule has 0 aromatic heterocycles. The van der Waals surface area contributed by atoms with Crippen LogP contribution in [0.2, 0.25) is 0 Å². The van der Waals surface area contributed by atoms with Gasteiger partial charge in [-0.25, -0.2) is 4.39 Å². The number of piperazine rings is 1. The van der Waals surface area contributed by atoms with Crippen molar-refractivity contribution in [2.75, 3.05) is 32.7 Å². The molecule has 2 aliphatic rings. The van der Waals surface area contributed by atoms with Crippen molar-refractivity contribution in [1.29, 1.82) is 0 Å². The smallest absolute Gasteiger partial charge is 0.227 e. The van der Waals surface area contributed by atoms with Crippen molar-refractivity contribution in [3.05, 3.63) is 35.6 Å². The Labute approximate surface area is 137 Å². The van der Waals surface area contributed by atoms with Crippen molar-refractivity contribution in [2.45, 2.75) is 32.4 Å². The fourth-order valence-corrected chi connectivity index (χ4v) is 3.70. The molecule has 4 nitrogen and oxygen atoms in total. The molecule has 1 aromatic carbocycles. The summed E-state index contributed by atoms with van der Waals surface area (Å²) in [5.41, 5.74) is 0.980. The van der Waals surface area contributed by atoms with E-state index in [1.54, 1.807) is 12.1 Å². The topological polar surface area (TPSA) is 35.6 Å². The molecule has 0 spiro atoms. The molecule has 2 saturated heterocycles. The van der Waals surface area contributed by atoms with Gasteiger partial charge in [-0.2, -0.15) is 0 Å². The first-order chi connectivity index (χ1) is 11.1. The number of hydrogen-bond donors (Lipinski definition) is 1. The number of halogens is 1. The second-order valence-corrected chi connectivity index (χ2v) is 6.79. The normalized spacial score (nSPS) is 26.3. The van der Waals surface area contributed by atoms with Crippen LogP contribution in [0, 0.1) is 11.7 Å². The number of hydrogen-bond acceptors (Lipinski definition) is 3. The molecule has 2 fully saturated rings. The average molecular weight is 319 g/mol. The van der Waals surface area contributed by atoms with Gasteiger partial charge >= 0.3 is 0 Å². The first-order valence-corrected chi connectivity index (χ1v) is 8.61. The monoisotopic (exact) mass is 319 g/mol. The molecule has 2 aliphatic heterocycles. The van der Waals surface area contributed by atoms with E-state index in [1.165, 1.54) is 6.07 Å². The van der Waals surface area contributed by atoms with E-state index in [1.807, 2.05) is 11.0 Å². The van der Waals surface area contributed by atoms with Gasteiger partial charge in [-0.1, -0.05) is 12.1 Å². The molecule has 2 heterocycles. The Balaban J connectivity index is 1.60. The number of nitrogens with zero attached hydrogens (tertiary/aromatic N) is 2. The summed E-state index contributed by atoms with van der Waals surface area (Å²) < 4.78 is 13.3. The summed E-state index contributed by atoms with van der Waals surface area (Å²) in [4.78, 5) is 17.1. The lowest BCUT2D eigenvalue weighted by atomic mass is 9.95. The molecule has 0 aliphatic carbocycles. The van der Waals surface area contributed by atoms with Gasteiger partial charge in [0.25, 0.3) is 0 Å². The minimum absolute atomic E-state index is 0.0814. The van der Waals surface area contributed by atoms with Gasteiger partial charge in [0.05, 0.1) is 5.92 Å². The lowest BCUT2D eigenvalue weighted by Gasteiger charge is -2.39. The number of benzene rings is 1. The van der Waals surface area contributed by atoms with Crippen molar-refractivity contribution in [3.63, 3.8) is 0 Å². The van der Waals surface area contributed by atoms with E-state index < -0.39 is 0 Å². The van der Waals surface area contributed by atoms with E-state index in [4.69, 9.17) is 0 Å². The van der Waals surface area contributed by atoms with E-state index in [-0.39, 0.29) is 17.8 Å². The number of rotatable bonds is 3. The second kappa shape index (κ2) is 7.41. The molecule has 5 heteroatoms. The van der Waals surface area contributed by atoms with Gasteiger partial charge < -0.3 is 10.2 Å². The van der Waals surface area contributed by atoms with Gasteiger partial charge in [-0.3, -0.25) is 9.69 Å². The zero-order chi connectivity index (χ0) is 16.2. The van der Waals surface area contributed by atoms with Crippen LogP contribution in [0.3, 0.4) is 0 Å². The third-order valence-electron chi connectivity index (χ3n) is 4.93. The number of amides is 1. The van der Waals surface area contributed by atoms with E-state index in [0.717, 1.165) is 57.7 Å². The number of piperidine rings is 1. The molecule has 0 radical (unpaired) electrons. The van der Waals surface area contributed by atoms with Crippen molar-refractivity contribution in [1.82, 2.24) is 15.1 Å². The van der Waals surface area contributed by atoms with Gasteiger partial charge in [-0.15, -0.1) is 0 Å². The van der Waals surface area contributed by atoms with E-state index in [9.17, 15) is 9.18 Å². The molecule has 1 N–H and O–H groups in total. The predicted octanol–water partition coefficient (Wildman–Crippen LogP) is 1.86. The highest BCUT2D eigenvalue weighted by Crippen LogP contribution is 2.22. The highest BCUT2D eigenvalue weighted by Gasteiger charge is 2.32. The zero-order valence-electron chi connectivity index (χ0n) is 13.8. The van der Waals surface area contributed by atoms with Gasteiger partial charge in [0.2, 0.25) is 5.91 Å². The minimum Gasteiger partial charge on any atom is -0.337 e. The third-order valence-corrected chi connectivity index (χ3v) is 4.93. The first kappa shape index (κ1) is 16.4. The molecule has 0 bridgehead atoms. The number of nitrogens with one attached hydrogen (secondary N) is 1. The van der Waals surface area contributed by atoms with Crippen LogP contribution in [0.1, 0.15) is 25.3 Å². The highest BCUT2D eigenvalue weighted by molar-refractivity contribution is 5.79. The maximum absolute atomic E-state index is 13.3. The largest absolute Gasteiger partial charge is 0.337 e. The average Bonchev–Trinajstić information content (AvgIpc) is 2.55. The van der Waals surface area contributed by atoms with Crippen LogP contribution in [-0.4, -0.2) is 54.5 Å². The summed E-state index contributed by atoms with van der Waals surface area (Å²) in [6.45, 7) is 7.17. The van der Waals surface area contributed by atoms with Crippen LogP contribution in [0.4, 0.5) is 4.39 Å². The molecule has 1 amide bonds. The maximum Gasteiger partial charge on any atom is 0.227 e. The number of carbonyl (C=O) groups excluding carboxylic acids is 1. The summed E-state index contributed by atoms with van der Waals surface area (Å²) in [6.07, 6.45) is 2.00. The molecular weight excluding hydrogens is 293 g/mol. The van der Waals surface area contributed by atoms with Crippen LogP contribution in [-0.2, 0) is 11.3 Å². The standard InChI is InChI=1S/C18H26FN3O/c1-14-11-20-7-9-22(14)18(23)16-5-3-8-21(13-16)12-15-4-2-6-17(19)10-15/h2,4,6,10,14,16,20H,3,5,7-9,11-13H2,1H3/t14-,16-/m1/s1. The highest BCUT2D eigenvalue weighted by atomic mass is 19.1. The van der Waals surface area contributed by atoms with Crippen molar-refractivity contribution < 1.29 is 9.18 Å². The number of likely N-dealkylation sites (tertiary alicyclic amines) is 1. The minimum atomic E-state index is -0.193. The van der Waals surface area contributed by atoms with E-state index in [2.05, 4.69) is 17.1 Å². The van der Waals surface area contributed by atoms with Gasteiger partial charge in [-0.05, 0) is 44.0 Å². The second-order valence-electron chi connectivity index (χ2n) is 6.79. The summed E-state index contributed by atoms with van der Waals surface area (Å²) in [5.74, 6) is 0.183. The third kappa shape index (κ3) is 4.09. The summed E-state index contributed by atoms with van der Waals surface area (Å²) in [5, 5.41) is 3.33. The Hall–Kier alpha value is -1.46. The van der Waals surface area contributed by atoms with Crippen LogP contribution < -0.4 is 5.32 Å². The quantitative estimate of drug-likeness (QED) is 0.924. The SMILES string of the molecule is C[C@@H]1CNCCN1C(=O)[C@@H]1CCCN(Cc2cccc(F)c2)C1. The molecule has 3 rings (SSSR count). The first-order valence-electron chi connectivity index (χ1n) is 8.61. The Bertz CT molecular complexity index is 551. The fourth-order valence-electron chi connectivity index (χ4n) is 3.70. The van der Waals surface area contributed by atoms with Crippen molar-refractivity contribution in [3.8, 4) is 0 Å². The zero-order valence-corrected chi connectivity index (χ0v) is 13.8. The van der Waals surface area contributed by atoms with Crippen molar-refractivity contribution in [2.24, 2.45) is 5.92 Å². The van der Waals surface area contributed by atoms with Gasteiger partial charge in [0.1, 0.15) is 5.82 Å². The van der Waals surface area contributed by atoms with Crippen LogP contribution in [0.25, 0.3) is 0 Å². The lowest BCUT2D eigenvalue weighted by molar-refractivity contribution is -0.140. The fraction of sp³-hybridized carbons (Fsp3) is 0.611. The molecule has 0 unspecified atom stereocenters. The molecule has 23 heavy (non-hydrogen) atoms. The molecule has 2 atom stereocenters. The van der Waals surface area contributed by atoms with E-state index >= 15 is 0 Å². The molecule has 126 valence electrons. The summed E-state index contributed by atoms with van der Waals surface area (Å²) in [7, 11) is 0. The number of carbonyl (C=O) groups is 1. The molecular formula is C18H26FN3O. The van der Waals surface area contributed by atoms with Gasteiger partial charge in [0.15, 0.2) is 0 Å². The van der Waals surface area contributed by atoms with Crippen LogP contribution in [0.15, 0.2) is 24.3 Å². The Morgan fingerprint density at radius 1 is 1.39 bits per heavy atom. The molecule has 0 saturated carbocycles. The maximum atomic E-state index is 13.3. The predicted molar refractivity (Wildman–Crippen MR) is 88.4 cm³/mol.